The van der Waals surface area contributed by atoms with E-state index < -0.39 is 11.5 Å². The molecular weight excluding hydrogens is 246 g/mol. The number of methoxy groups -OCH3 is 1. The Kier molecular flexibility index (Phi) is 5.09. The Morgan fingerprint density at radius 2 is 2.21 bits per heavy atom. The highest BCUT2D eigenvalue weighted by Crippen LogP contribution is 2.18. The summed E-state index contributed by atoms with van der Waals surface area (Å²) in [6.07, 6.45) is 4.49. The number of hydrogen-bond donors (Lipinski definition) is 1. The fourth-order valence-electron chi connectivity index (χ4n) is 1.98. The third-order valence-corrected chi connectivity index (χ3v) is 3.03. The fraction of sp³-hybridized carbons (Fsp3) is 0.615. The van der Waals surface area contributed by atoms with E-state index in [1.54, 1.807) is 13.1 Å². The Labute approximate surface area is 112 Å². The molecule has 0 aliphatic carbocycles. The molecule has 19 heavy (non-hydrogen) atoms. The summed E-state index contributed by atoms with van der Waals surface area (Å²) in [6, 6.07) is 0. The van der Waals surface area contributed by atoms with Crippen LogP contribution in [0.25, 0.3) is 0 Å². The fourth-order valence-corrected chi connectivity index (χ4v) is 1.98. The molecule has 6 nitrogen and oxygen atoms in total. The largest absolute Gasteiger partial charge is 0.467 e. The molecule has 0 amide bonds. The van der Waals surface area contributed by atoms with Gasteiger partial charge >= 0.3 is 5.97 Å². The van der Waals surface area contributed by atoms with Gasteiger partial charge in [-0.25, -0.2) is 9.78 Å². The zero-order chi connectivity index (χ0) is 14.5. The SMILES string of the molecule is CCCC(C)(Nc1nccn(CC)c1=O)C(=O)OC. The molecule has 0 fully saturated rings. The van der Waals surface area contributed by atoms with E-state index >= 15 is 0 Å². The normalized spacial score (nSPS) is 13.7. The Morgan fingerprint density at radius 1 is 1.53 bits per heavy atom. The van der Waals surface area contributed by atoms with Crippen LogP contribution in [0.3, 0.4) is 0 Å². The van der Waals surface area contributed by atoms with Gasteiger partial charge in [-0.1, -0.05) is 13.3 Å². The van der Waals surface area contributed by atoms with Crippen molar-refractivity contribution < 1.29 is 9.53 Å². The molecule has 0 radical (unpaired) electrons. The number of nitrogens with one attached hydrogen (secondary N) is 1. The van der Waals surface area contributed by atoms with Crippen molar-refractivity contribution in [3.05, 3.63) is 22.7 Å². The van der Waals surface area contributed by atoms with Gasteiger partial charge in [0.25, 0.3) is 5.56 Å². The molecule has 1 aromatic rings. The first kappa shape index (κ1) is 15.2. The van der Waals surface area contributed by atoms with Crippen molar-refractivity contribution in [3.63, 3.8) is 0 Å². The average molecular weight is 267 g/mol. The lowest BCUT2D eigenvalue weighted by Gasteiger charge is -2.27. The monoisotopic (exact) mass is 267 g/mol. The van der Waals surface area contributed by atoms with Crippen LogP contribution in [0.4, 0.5) is 5.82 Å². The molecule has 1 N–H and O–H groups in total. The minimum atomic E-state index is -0.942. The van der Waals surface area contributed by atoms with Crippen LogP contribution in [0.15, 0.2) is 17.2 Å². The van der Waals surface area contributed by atoms with Gasteiger partial charge < -0.3 is 14.6 Å². The van der Waals surface area contributed by atoms with Gasteiger partial charge in [-0.3, -0.25) is 4.79 Å². The lowest BCUT2D eigenvalue weighted by molar-refractivity contribution is -0.145. The first-order valence-corrected chi connectivity index (χ1v) is 6.40. The molecule has 1 rings (SSSR count). The summed E-state index contributed by atoms with van der Waals surface area (Å²) in [6.45, 7) is 6.10. The Bertz CT molecular complexity index is 498. The number of aromatic nitrogens is 2. The van der Waals surface area contributed by atoms with Crippen molar-refractivity contribution in [2.45, 2.75) is 45.7 Å². The summed E-state index contributed by atoms with van der Waals surface area (Å²) in [5, 5.41) is 2.93. The van der Waals surface area contributed by atoms with E-state index in [4.69, 9.17) is 4.74 Å². The molecule has 1 aromatic heterocycles. The molecule has 0 spiro atoms. The van der Waals surface area contributed by atoms with Gasteiger partial charge in [0, 0.05) is 18.9 Å². The molecule has 0 aromatic carbocycles. The Morgan fingerprint density at radius 3 is 2.74 bits per heavy atom. The lowest BCUT2D eigenvalue weighted by atomic mass is 9.96. The maximum absolute atomic E-state index is 12.1. The molecule has 6 heteroatoms. The van der Waals surface area contributed by atoms with Gasteiger partial charge in [0.05, 0.1) is 7.11 Å². The van der Waals surface area contributed by atoms with Gasteiger partial charge in [0.1, 0.15) is 5.54 Å². The highest BCUT2D eigenvalue weighted by atomic mass is 16.5. The molecule has 1 unspecified atom stereocenters. The van der Waals surface area contributed by atoms with Crippen molar-refractivity contribution >= 4 is 11.8 Å². The number of carbonyl (C=O) groups is 1. The number of esters is 1. The number of ether oxygens (including phenoxy) is 1. The van der Waals surface area contributed by atoms with E-state index in [0.29, 0.717) is 13.0 Å². The van der Waals surface area contributed by atoms with Crippen LogP contribution >= 0.6 is 0 Å². The van der Waals surface area contributed by atoms with E-state index in [9.17, 15) is 9.59 Å². The van der Waals surface area contributed by atoms with Gasteiger partial charge in [0.2, 0.25) is 0 Å². The minimum Gasteiger partial charge on any atom is -0.467 e. The van der Waals surface area contributed by atoms with Crippen LogP contribution in [0.1, 0.15) is 33.6 Å². The minimum absolute atomic E-state index is 0.172. The van der Waals surface area contributed by atoms with E-state index in [1.807, 2.05) is 13.8 Å². The third kappa shape index (κ3) is 3.33. The first-order valence-electron chi connectivity index (χ1n) is 6.40. The van der Waals surface area contributed by atoms with E-state index in [0.717, 1.165) is 6.42 Å². The van der Waals surface area contributed by atoms with Crippen molar-refractivity contribution in [1.29, 1.82) is 0 Å². The average Bonchev–Trinajstić information content (AvgIpc) is 2.40. The summed E-state index contributed by atoms with van der Waals surface area (Å²) in [4.78, 5) is 28.0. The highest BCUT2D eigenvalue weighted by Gasteiger charge is 2.34. The van der Waals surface area contributed by atoms with Gasteiger partial charge in [-0.05, 0) is 20.3 Å². The van der Waals surface area contributed by atoms with E-state index in [2.05, 4.69) is 10.3 Å². The Balaban J connectivity index is 3.10. The van der Waals surface area contributed by atoms with Crippen molar-refractivity contribution in [1.82, 2.24) is 9.55 Å². The van der Waals surface area contributed by atoms with Gasteiger partial charge in [-0.2, -0.15) is 0 Å². The summed E-state index contributed by atoms with van der Waals surface area (Å²) < 4.78 is 6.33. The number of hydrogen-bond acceptors (Lipinski definition) is 5. The predicted octanol–water partition coefficient (Wildman–Crippen LogP) is 1.41. The Hall–Kier alpha value is -1.85. The van der Waals surface area contributed by atoms with Crippen LogP contribution in [0, 0.1) is 0 Å². The second kappa shape index (κ2) is 6.36. The number of anilines is 1. The number of aryl methyl sites for hydroxylation is 1. The summed E-state index contributed by atoms with van der Waals surface area (Å²) >= 11 is 0. The molecule has 0 saturated carbocycles. The number of rotatable bonds is 6. The maximum Gasteiger partial charge on any atom is 0.331 e. The second-order valence-corrected chi connectivity index (χ2v) is 4.57. The third-order valence-electron chi connectivity index (χ3n) is 3.03. The lowest BCUT2D eigenvalue weighted by Crippen LogP contribution is -2.46. The molecular formula is C13H21N3O3. The highest BCUT2D eigenvalue weighted by molar-refractivity contribution is 5.83. The van der Waals surface area contributed by atoms with Crippen molar-refractivity contribution in [2.75, 3.05) is 12.4 Å². The molecule has 0 aliphatic rings. The molecule has 0 bridgehead atoms. The summed E-state index contributed by atoms with van der Waals surface area (Å²) in [5.41, 5.74) is -1.18. The number of carbonyl (C=O) groups excluding carboxylic acids is 1. The summed E-state index contributed by atoms with van der Waals surface area (Å²) in [7, 11) is 1.33. The van der Waals surface area contributed by atoms with Crippen molar-refractivity contribution in [3.8, 4) is 0 Å². The second-order valence-electron chi connectivity index (χ2n) is 4.57. The smallest absolute Gasteiger partial charge is 0.331 e. The van der Waals surface area contributed by atoms with Crippen LogP contribution in [-0.4, -0.2) is 28.2 Å². The zero-order valence-corrected chi connectivity index (χ0v) is 11.9. The first-order chi connectivity index (χ1) is 8.98. The zero-order valence-electron chi connectivity index (χ0n) is 11.9. The molecule has 0 saturated heterocycles. The molecule has 1 atom stereocenters. The topological polar surface area (TPSA) is 73.2 Å². The summed E-state index contributed by atoms with van der Waals surface area (Å²) in [5.74, 6) is -0.229. The van der Waals surface area contributed by atoms with Crippen LogP contribution in [-0.2, 0) is 16.1 Å². The van der Waals surface area contributed by atoms with E-state index in [1.165, 1.54) is 17.9 Å². The van der Waals surface area contributed by atoms with Gasteiger partial charge in [0.15, 0.2) is 5.82 Å². The van der Waals surface area contributed by atoms with Crippen LogP contribution in [0.2, 0.25) is 0 Å². The maximum atomic E-state index is 12.1. The van der Waals surface area contributed by atoms with Crippen LogP contribution < -0.4 is 10.9 Å². The molecule has 1 heterocycles. The number of nitrogens with zero attached hydrogens (tertiary/aromatic N) is 2. The van der Waals surface area contributed by atoms with E-state index in [-0.39, 0.29) is 11.4 Å². The molecule has 106 valence electrons. The van der Waals surface area contributed by atoms with Crippen LogP contribution in [0.5, 0.6) is 0 Å². The van der Waals surface area contributed by atoms with Gasteiger partial charge in [-0.15, -0.1) is 0 Å². The predicted molar refractivity (Wildman–Crippen MR) is 73.1 cm³/mol. The quantitative estimate of drug-likeness (QED) is 0.789. The molecule has 0 aliphatic heterocycles. The van der Waals surface area contributed by atoms with Crippen molar-refractivity contribution in [2.24, 2.45) is 0 Å². The standard InChI is InChI=1S/C13H21N3O3/c1-5-7-13(3,12(18)19-4)15-10-11(17)16(6-2)9-8-14-10/h8-9H,5-7H2,1-4H3,(H,14,15).